The van der Waals surface area contributed by atoms with E-state index in [0.717, 1.165) is 10.6 Å². The molecule has 1 rings (SSSR count). The fourth-order valence-electron chi connectivity index (χ4n) is 1.56. The molecule has 2 unspecified atom stereocenters. The minimum Gasteiger partial charge on any atom is -0.497 e. The first kappa shape index (κ1) is 17.1. The molecule has 0 heterocycles. The summed E-state index contributed by atoms with van der Waals surface area (Å²) in [6.07, 6.45) is -0.577. The van der Waals surface area contributed by atoms with E-state index >= 15 is 0 Å². The van der Waals surface area contributed by atoms with Gasteiger partial charge in [-0.2, -0.15) is 0 Å². The Hall–Kier alpha value is -0.950. The highest BCUT2D eigenvalue weighted by atomic mass is 32.2. The van der Waals surface area contributed by atoms with E-state index in [2.05, 4.69) is 0 Å². The lowest BCUT2D eigenvalue weighted by Crippen LogP contribution is -2.24. The van der Waals surface area contributed by atoms with Crippen molar-refractivity contribution < 1.29 is 19.3 Å². The molecule has 114 valence electrons. The van der Waals surface area contributed by atoms with Crippen molar-refractivity contribution in [3.63, 3.8) is 0 Å². The third kappa shape index (κ3) is 6.00. The molecular formula is C14H23NO4S. The summed E-state index contributed by atoms with van der Waals surface area (Å²) in [5, 5.41) is 9.89. The Morgan fingerprint density at radius 2 is 2.05 bits per heavy atom. The van der Waals surface area contributed by atoms with E-state index in [-0.39, 0.29) is 12.7 Å². The summed E-state index contributed by atoms with van der Waals surface area (Å²) in [5.41, 5.74) is 6.56. The summed E-state index contributed by atoms with van der Waals surface area (Å²) in [7, 11) is 3.23. The van der Waals surface area contributed by atoms with Crippen LogP contribution in [-0.2, 0) is 9.47 Å². The third-order valence-electron chi connectivity index (χ3n) is 2.63. The lowest BCUT2D eigenvalue weighted by atomic mass is 10.3. The average Bonchev–Trinajstić information content (AvgIpc) is 2.44. The largest absolute Gasteiger partial charge is 0.497 e. The number of aliphatic hydroxyl groups excluding tert-OH is 1. The Bertz CT molecular complexity index is 403. The number of rotatable bonds is 9. The van der Waals surface area contributed by atoms with Gasteiger partial charge in [0.15, 0.2) is 0 Å². The predicted molar refractivity (Wildman–Crippen MR) is 81.4 cm³/mol. The van der Waals surface area contributed by atoms with Gasteiger partial charge in [-0.25, -0.2) is 0 Å². The van der Waals surface area contributed by atoms with Crippen LogP contribution in [0, 0.1) is 0 Å². The van der Waals surface area contributed by atoms with Crippen molar-refractivity contribution >= 4 is 17.4 Å². The van der Waals surface area contributed by atoms with E-state index in [1.54, 1.807) is 20.3 Å². The van der Waals surface area contributed by atoms with Crippen LogP contribution in [0.1, 0.15) is 6.92 Å². The first-order chi connectivity index (χ1) is 9.56. The van der Waals surface area contributed by atoms with E-state index in [4.69, 9.17) is 19.9 Å². The molecule has 6 heteroatoms. The topological polar surface area (TPSA) is 73.9 Å². The molecule has 0 aliphatic heterocycles. The molecule has 0 amide bonds. The van der Waals surface area contributed by atoms with Gasteiger partial charge in [0, 0.05) is 23.4 Å². The van der Waals surface area contributed by atoms with Gasteiger partial charge in [-0.15, -0.1) is 11.8 Å². The summed E-state index contributed by atoms with van der Waals surface area (Å²) >= 11 is 1.48. The van der Waals surface area contributed by atoms with Crippen LogP contribution < -0.4 is 10.5 Å². The van der Waals surface area contributed by atoms with E-state index in [0.29, 0.717) is 18.0 Å². The Morgan fingerprint density at radius 1 is 1.30 bits per heavy atom. The minimum atomic E-state index is -0.551. The molecular weight excluding hydrogens is 278 g/mol. The molecule has 20 heavy (non-hydrogen) atoms. The fourth-order valence-corrected chi connectivity index (χ4v) is 2.46. The fraction of sp³-hybridized carbons (Fsp3) is 0.571. The Balaban J connectivity index is 2.38. The van der Waals surface area contributed by atoms with Crippen molar-refractivity contribution in [2.75, 3.05) is 38.9 Å². The molecule has 5 nitrogen and oxygen atoms in total. The molecule has 0 aromatic heterocycles. The minimum absolute atomic E-state index is 0.0264. The zero-order valence-corrected chi connectivity index (χ0v) is 13.0. The first-order valence-corrected chi connectivity index (χ1v) is 7.40. The zero-order valence-electron chi connectivity index (χ0n) is 12.2. The van der Waals surface area contributed by atoms with Crippen LogP contribution in [0.25, 0.3) is 0 Å². The van der Waals surface area contributed by atoms with Crippen LogP contribution in [0.15, 0.2) is 23.1 Å². The highest BCUT2D eigenvalue weighted by Crippen LogP contribution is 2.29. The van der Waals surface area contributed by atoms with E-state index in [1.165, 1.54) is 11.8 Å². The monoisotopic (exact) mass is 301 g/mol. The van der Waals surface area contributed by atoms with Gasteiger partial charge >= 0.3 is 0 Å². The van der Waals surface area contributed by atoms with Crippen molar-refractivity contribution in [3.8, 4) is 5.75 Å². The second-order valence-corrected chi connectivity index (χ2v) is 5.53. The van der Waals surface area contributed by atoms with Crippen LogP contribution in [0.4, 0.5) is 5.69 Å². The number of nitrogens with two attached hydrogens (primary N) is 1. The van der Waals surface area contributed by atoms with Crippen LogP contribution in [0.3, 0.4) is 0 Å². The summed E-state index contributed by atoms with van der Waals surface area (Å²) < 4.78 is 15.6. The molecule has 0 bridgehead atoms. The molecule has 0 aliphatic rings. The molecule has 2 atom stereocenters. The van der Waals surface area contributed by atoms with Crippen molar-refractivity contribution in [2.24, 2.45) is 0 Å². The maximum absolute atomic E-state index is 9.89. The van der Waals surface area contributed by atoms with Crippen LogP contribution >= 0.6 is 11.8 Å². The molecule has 1 aromatic rings. The maximum atomic E-state index is 9.89. The van der Waals surface area contributed by atoms with E-state index < -0.39 is 6.10 Å². The quantitative estimate of drug-likeness (QED) is 0.535. The zero-order chi connectivity index (χ0) is 15.0. The summed E-state index contributed by atoms with van der Waals surface area (Å²) in [6, 6.07) is 5.47. The van der Waals surface area contributed by atoms with Gasteiger partial charge in [0.05, 0.1) is 32.5 Å². The predicted octanol–water partition coefficient (Wildman–Crippen LogP) is 1.78. The van der Waals surface area contributed by atoms with Crippen molar-refractivity contribution in [1.29, 1.82) is 0 Å². The normalized spacial score (nSPS) is 14.0. The number of benzene rings is 1. The molecule has 0 spiro atoms. The van der Waals surface area contributed by atoms with Gasteiger partial charge in [0.2, 0.25) is 0 Å². The number of aliphatic hydroxyl groups is 1. The average molecular weight is 301 g/mol. The number of hydrogen-bond donors (Lipinski definition) is 2. The SMILES string of the molecule is COCC(C)OCC(O)CSc1cc(OC)ccc1N. The van der Waals surface area contributed by atoms with Gasteiger partial charge in [-0.05, 0) is 25.1 Å². The maximum Gasteiger partial charge on any atom is 0.120 e. The van der Waals surface area contributed by atoms with Crippen molar-refractivity contribution in [3.05, 3.63) is 18.2 Å². The Morgan fingerprint density at radius 3 is 2.70 bits per heavy atom. The molecule has 0 radical (unpaired) electrons. The summed E-state index contributed by atoms with van der Waals surface area (Å²) in [6.45, 7) is 2.70. The van der Waals surface area contributed by atoms with Crippen molar-refractivity contribution in [2.45, 2.75) is 24.0 Å². The molecule has 1 aromatic carbocycles. The lowest BCUT2D eigenvalue weighted by molar-refractivity contribution is -0.0257. The number of ether oxygens (including phenoxy) is 3. The van der Waals surface area contributed by atoms with Gasteiger partial charge in [-0.3, -0.25) is 0 Å². The second kappa shape index (κ2) is 9.07. The number of thioether (sulfide) groups is 1. The van der Waals surface area contributed by atoms with Gasteiger partial charge in [-0.1, -0.05) is 0 Å². The first-order valence-electron chi connectivity index (χ1n) is 6.41. The third-order valence-corrected chi connectivity index (χ3v) is 3.84. The number of anilines is 1. The molecule has 0 fully saturated rings. The highest BCUT2D eigenvalue weighted by molar-refractivity contribution is 7.99. The van der Waals surface area contributed by atoms with E-state index in [1.807, 2.05) is 19.1 Å². The standard InChI is InChI=1S/C14H23NO4S/c1-10(7-17-2)19-8-11(16)9-20-14-6-12(18-3)4-5-13(14)15/h4-6,10-11,16H,7-9,15H2,1-3H3. The Kier molecular flexibility index (Phi) is 7.76. The lowest BCUT2D eigenvalue weighted by Gasteiger charge is -2.16. The second-order valence-electron chi connectivity index (χ2n) is 4.47. The van der Waals surface area contributed by atoms with Crippen LogP contribution in [0.2, 0.25) is 0 Å². The Labute approximate surface area is 124 Å². The molecule has 0 saturated heterocycles. The number of hydrogen-bond acceptors (Lipinski definition) is 6. The van der Waals surface area contributed by atoms with E-state index in [9.17, 15) is 5.11 Å². The van der Waals surface area contributed by atoms with Crippen LogP contribution in [0.5, 0.6) is 5.75 Å². The van der Waals surface area contributed by atoms with Crippen molar-refractivity contribution in [1.82, 2.24) is 0 Å². The molecule has 0 aliphatic carbocycles. The van der Waals surface area contributed by atoms with Crippen LogP contribution in [-0.4, -0.2) is 50.5 Å². The number of methoxy groups -OCH3 is 2. The smallest absolute Gasteiger partial charge is 0.120 e. The van der Waals surface area contributed by atoms with Gasteiger partial charge in [0.25, 0.3) is 0 Å². The summed E-state index contributed by atoms with van der Waals surface area (Å²) in [5.74, 6) is 1.26. The van der Waals surface area contributed by atoms with Gasteiger partial charge < -0.3 is 25.1 Å². The number of nitrogen functional groups attached to an aromatic ring is 1. The summed E-state index contributed by atoms with van der Waals surface area (Å²) in [4.78, 5) is 0.897. The molecule has 0 saturated carbocycles. The highest BCUT2D eigenvalue weighted by Gasteiger charge is 2.10. The molecule has 3 N–H and O–H groups in total. The van der Waals surface area contributed by atoms with Gasteiger partial charge in [0.1, 0.15) is 5.75 Å².